The van der Waals surface area contributed by atoms with Crippen molar-refractivity contribution in [2.75, 3.05) is 6.61 Å². The number of rotatable bonds is 19. The summed E-state index contributed by atoms with van der Waals surface area (Å²) < 4.78 is 5.44. The number of esters is 1. The van der Waals surface area contributed by atoms with Gasteiger partial charge in [0.15, 0.2) is 0 Å². The molecule has 2 aromatic rings. The molecule has 0 fully saturated rings. The summed E-state index contributed by atoms with van der Waals surface area (Å²) in [4.78, 5) is 14.3. The maximum atomic E-state index is 12.2. The van der Waals surface area contributed by atoms with Gasteiger partial charge in [0.2, 0.25) is 0 Å². The highest BCUT2D eigenvalue weighted by atomic mass is 32.2. The van der Waals surface area contributed by atoms with Gasteiger partial charge in [-0.1, -0.05) is 88.6 Å². The second-order valence-corrected chi connectivity index (χ2v) is 10.3. The van der Waals surface area contributed by atoms with Crippen molar-refractivity contribution in [3.63, 3.8) is 0 Å². The van der Waals surface area contributed by atoms with Crippen LogP contribution in [0.15, 0.2) is 70.5 Å². The molecule has 0 aliphatic heterocycles. The third kappa shape index (κ3) is 14.1. The van der Waals surface area contributed by atoms with Crippen molar-refractivity contribution < 1.29 is 14.6 Å². The van der Waals surface area contributed by atoms with E-state index in [9.17, 15) is 9.90 Å². The molecular weight excluding hydrogens is 452 g/mol. The van der Waals surface area contributed by atoms with Crippen molar-refractivity contribution in [3.8, 4) is 5.75 Å². The highest BCUT2D eigenvalue weighted by Crippen LogP contribution is 2.29. The average molecular weight is 497 g/mol. The molecule has 0 aromatic heterocycles. The highest BCUT2D eigenvalue weighted by molar-refractivity contribution is 7.99. The van der Waals surface area contributed by atoms with Crippen LogP contribution in [0.4, 0.5) is 0 Å². The van der Waals surface area contributed by atoms with Gasteiger partial charge >= 0.3 is 5.97 Å². The molecule has 3 nitrogen and oxygen atoms in total. The van der Waals surface area contributed by atoms with E-state index < -0.39 is 0 Å². The number of hydrogen-bond donors (Lipinski definition) is 1. The molecule has 2 aromatic carbocycles. The lowest BCUT2D eigenvalue weighted by atomic mass is 10.1. The Hall–Kier alpha value is -2.20. The number of ether oxygens (including phenoxy) is 1. The standard InChI is InChI=1S/C31H44O3S/c1-2-3-4-5-6-7-8-9-10-11-12-13-14-15-16-17-26-34-31(33)27-18-22-29(23-19-27)35-30-24-20-28(32)21-25-30/h8-9,18-25,32H,2-7,10-17,26H2,1H3. The molecular formula is C31H44O3S. The van der Waals surface area contributed by atoms with Crippen LogP contribution in [0.2, 0.25) is 0 Å². The summed E-state index contributed by atoms with van der Waals surface area (Å²) >= 11 is 1.59. The van der Waals surface area contributed by atoms with Gasteiger partial charge in [0.1, 0.15) is 5.75 Å². The van der Waals surface area contributed by atoms with Crippen molar-refractivity contribution in [2.45, 2.75) is 107 Å². The van der Waals surface area contributed by atoms with E-state index in [1.54, 1.807) is 23.9 Å². The molecule has 0 saturated heterocycles. The third-order valence-electron chi connectivity index (χ3n) is 6.05. The summed E-state index contributed by atoms with van der Waals surface area (Å²) in [5, 5.41) is 9.37. The van der Waals surface area contributed by atoms with Crippen LogP contribution in [0.25, 0.3) is 0 Å². The summed E-state index contributed by atoms with van der Waals surface area (Å²) in [5.74, 6) is 0.00893. The molecule has 0 saturated carbocycles. The molecule has 192 valence electrons. The average Bonchev–Trinajstić information content (AvgIpc) is 2.87. The van der Waals surface area contributed by atoms with E-state index in [0.717, 1.165) is 22.6 Å². The smallest absolute Gasteiger partial charge is 0.338 e. The Bertz CT molecular complexity index is 827. The minimum Gasteiger partial charge on any atom is -0.508 e. The molecule has 0 spiro atoms. The van der Waals surface area contributed by atoms with Crippen molar-refractivity contribution in [2.24, 2.45) is 0 Å². The Balaban J connectivity index is 1.43. The molecule has 4 heteroatoms. The zero-order valence-corrected chi connectivity index (χ0v) is 22.4. The summed E-state index contributed by atoms with van der Waals surface area (Å²) in [5.41, 5.74) is 0.589. The van der Waals surface area contributed by atoms with Crippen molar-refractivity contribution in [1.82, 2.24) is 0 Å². The fraction of sp³-hybridized carbons (Fsp3) is 0.516. The van der Waals surface area contributed by atoms with Gasteiger partial charge in [-0.05, 0) is 80.6 Å². The maximum Gasteiger partial charge on any atom is 0.338 e. The number of aromatic hydroxyl groups is 1. The molecule has 1 N–H and O–H groups in total. The molecule has 0 heterocycles. The molecule has 0 aliphatic rings. The monoisotopic (exact) mass is 496 g/mol. The van der Waals surface area contributed by atoms with Crippen molar-refractivity contribution in [1.29, 1.82) is 0 Å². The van der Waals surface area contributed by atoms with E-state index in [1.165, 1.54) is 77.0 Å². The van der Waals surface area contributed by atoms with E-state index in [0.29, 0.717) is 12.2 Å². The van der Waals surface area contributed by atoms with Crippen LogP contribution < -0.4 is 0 Å². The number of unbranched alkanes of at least 4 members (excludes halogenated alkanes) is 12. The normalized spacial score (nSPS) is 11.2. The van der Waals surface area contributed by atoms with Gasteiger partial charge in [-0.3, -0.25) is 0 Å². The molecule has 0 unspecified atom stereocenters. The Labute approximate surface area is 217 Å². The van der Waals surface area contributed by atoms with Crippen LogP contribution in [0, 0.1) is 0 Å². The Kier molecular flexibility index (Phi) is 15.8. The predicted molar refractivity (Wildman–Crippen MR) is 148 cm³/mol. The van der Waals surface area contributed by atoms with Crippen LogP contribution in [0.3, 0.4) is 0 Å². The second kappa shape index (κ2) is 19.0. The Morgan fingerprint density at radius 1 is 0.714 bits per heavy atom. The third-order valence-corrected chi connectivity index (χ3v) is 7.07. The Morgan fingerprint density at radius 2 is 1.20 bits per heavy atom. The number of hydrogen-bond acceptors (Lipinski definition) is 4. The first kappa shape index (κ1) is 29.0. The number of benzene rings is 2. The highest BCUT2D eigenvalue weighted by Gasteiger charge is 2.07. The first-order valence-electron chi connectivity index (χ1n) is 13.6. The van der Waals surface area contributed by atoms with Gasteiger partial charge < -0.3 is 9.84 Å². The zero-order chi connectivity index (χ0) is 25.0. The van der Waals surface area contributed by atoms with E-state index in [4.69, 9.17) is 4.74 Å². The van der Waals surface area contributed by atoms with Gasteiger partial charge in [-0.15, -0.1) is 0 Å². The van der Waals surface area contributed by atoms with E-state index in [-0.39, 0.29) is 11.7 Å². The molecule has 35 heavy (non-hydrogen) atoms. The molecule has 0 bridgehead atoms. The number of phenolic OH excluding ortho intramolecular Hbond substituents is 1. The molecule has 2 rings (SSSR count). The summed E-state index contributed by atoms with van der Waals surface area (Å²) in [7, 11) is 0. The van der Waals surface area contributed by atoms with Crippen LogP contribution >= 0.6 is 11.8 Å². The second-order valence-electron chi connectivity index (χ2n) is 9.19. The quantitative estimate of drug-likeness (QED) is 0.119. The molecule has 0 aliphatic carbocycles. The minimum atomic E-state index is -0.250. The summed E-state index contributed by atoms with van der Waals surface area (Å²) in [6.45, 7) is 2.76. The minimum absolute atomic E-state index is 0.250. The lowest BCUT2D eigenvalue weighted by Gasteiger charge is -2.06. The van der Waals surface area contributed by atoms with E-state index >= 15 is 0 Å². The number of allylic oxidation sites excluding steroid dienone is 2. The molecule has 0 amide bonds. The van der Waals surface area contributed by atoms with Gasteiger partial charge in [0, 0.05) is 9.79 Å². The molecule has 0 radical (unpaired) electrons. The van der Waals surface area contributed by atoms with Crippen LogP contribution in [0.5, 0.6) is 5.75 Å². The first-order chi connectivity index (χ1) is 17.2. The van der Waals surface area contributed by atoms with Crippen LogP contribution in [-0.2, 0) is 4.74 Å². The fourth-order valence-corrected chi connectivity index (χ4v) is 4.72. The van der Waals surface area contributed by atoms with Crippen LogP contribution in [0.1, 0.15) is 107 Å². The van der Waals surface area contributed by atoms with Crippen molar-refractivity contribution >= 4 is 17.7 Å². The van der Waals surface area contributed by atoms with Gasteiger partial charge in [-0.2, -0.15) is 0 Å². The lowest BCUT2D eigenvalue weighted by molar-refractivity contribution is 0.0497. The van der Waals surface area contributed by atoms with Crippen LogP contribution in [-0.4, -0.2) is 17.7 Å². The largest absolute Gasteiger partial charge is 0.508 e. The van der Waals surface area contributed by atoms with Crippen molar-refractivity contribution in [3.05, 3.63) is 66.2 Å². The zero-order valence-electron chi connectivity index (χ0n) is 21.6. The van der Waals surface area contributed by atoms with Gasteiger partial charge in [-0.25, -0.2) is 4.79 Å². The fourth-order valence-electron chi connectivity index (χ4n) is 3.91. The predicted octanol–water partition coefficient (Wildman–Crippen LogP) is 9.74. The van der Waals surface area contributed by atoms with Gasteiger partial charge in [0.25, 0.3) is 0 Å². The Morgan fingerprint density at radius 3 is 1.77 bits per heavy atom. The first-order valence-corrected chi connectivity index (χ1v) is 14.4. The summed E-state index contributed by atoms with van der Waals surface area (Å²) in [6, 6.07) is 14.6. The molecule has 0 atom stereocenters. The number of carbonyl (C=O) groups is 1. The number of carbonyl (C=O) groups excluding carboxylic acids is 1. The summed E-state index contributed by atoms with van der Waals surface area (Å²) in [6.07, 6.45) is 22.5. The maximum absolute atomic E-state index is 12.2. The van der Waals surface area contributed by atoms with Gasteiger partial charge in [0.05, 0.1) is 12.2 Å². The lowest BCUT2D eigenvalue weighted by Crippen LogP contribution is -2.06. The topological polar surface area (TPSA) is 46.5 Å². The van der Waals surface area contributed by atoms with E-state index in [2.05, 4.69) is 19.1 Å². The number of phenols is 1. The van der Waals surface area contributed by atoms with E-state index in [1.807, 2.05) is 36.4 Å². The SMILES string of the molecule is CCCCCCCC=CCCCCCCCCCOC(=O)c1ccc(Sc2ccc(O)cc2)cc1.